The summed E-state index contributed by atoms with van der Waals surface area (Å²) in [7, 11) is 0. The van der Waals surface area contributed by atoms with Gasteiger partial charge in [0, 0.05) is 25.3 Å². The molecule has 4 rings (SSSR count). The lowest BCUT2D eigenvalue weighted by Crippen LogP contribution is -2.33. The molecular formula is C22H25F2N3O. The Hall–Kier alpha value is -2.47. The van der Waals surface area contributed by atoms with Crippen LogP contribution in [0, 0.1) is 23.5 Å². The maximum atomic E-state index is 13.1. The minimum atomic E-state index is -0.327. The summed E-state index contributed by atoms with van der Waals surface area (Å²) in [6.07, 6.45) is 2.07. The van der Waals surface area contributed by atoms with Crippen LogP contribution in [-0.2, 0) is 0 Å². The summed E-state index contributed by atoms with van der Waals surface area (Å²) in [6.45, 7) is 3.75. The van der Waals surface area contributed by atoms with Crippen LogP contribution in [0.1, 0.15) is 24.3 Å². The fourth-order valence-electron chi connectivity index (χ4n) is 4.49. The predicted octanol–water partition coefficient (Wildman–Crippen LogP) is 4.21. The monoisotopic (exact) mass is 385 g/mol. The van der Waals surface area contributed by atoms with Crippen molar-refractivity contribution in [3.05, 3.63) is 65.7 Å². The van der Waals surface area contributed by atoms with Crippen LogP contribution in [0.2, 0.25) is 0 Å². The Morgan fingerprint density at radius 3 is 2.39 bits per heavy atom. The van der Waals surface area contributed by atoms with Gasteiger partial charge in [-0.2, -0.15) is 0 Å². The van der Waals surface area contributed by atoms with Crippen molar-refractivity contribution in [2.75, 3.05) is 31.5 Å². The van der Waals surface area contributed by atoms with Gasteiger partial charge in [-0.25, -0.2) is 13.6 Å². The van der Waals surface area contributed by atoms with Gasteiger partial charge in [-0.1, -0.05) is 12.1 Å². The van der Waals surface area contributed by atoms with E-state index in [0.29, 0.717) is 24.1 Å². The van der Waals surface area contributed by atoms with E-state index >= 15 is 0 Å². The van der Waals surface area contributed by atoms with E-state index in [1.807, 2.05) is 12.1 Å². The lowest BCUT2D eigenvalue weighted by molar-refractivity contribution is 0.191. The van der Waals surface area contributed by atoms with E-state index in [4.69, 9.17) is 0 Å². The van der Waals surface area contributed by atoms with E-state index in [2.05, 4.69) is 15.5 Å². The Morgan fingerprint density at radius 2 is 1.68 bits per heavy atom. The normalized spacial score (nSPS) is 23.7. The third kappa shape index (κ3) is 4.33. The number of nitrogens with zero attached hydrogens (tertiary/aromatic N) is 1. The van der Waals surface area contributed by atoms with Gasteiger partial charge in [-0.3, -0.25) is 0 Å². The molecule has 0 bridgehead atoms. The van der Waals surface area contributed by atoms with E-state index in [9.17, 15) is 13.6 Å². The number of halogens is 2. The smallest absolute Gasteiger partial charge is 0.319 e. The first kappa shape index (κ1) is 18.9. The number of anilines is 1. The molecule has 6 heteroatoms. The van der Waals surface area contributed by atoms with Gasteiger partial charge in [0.05, 0.1) is 0 Å². The van der Waals surface area contributed by atoms with Crippen molar-refractivity contribution in [3.8, 4) is 0 Å². The predicted molar refractivity (Wildman–Crippen MR) is 105 cm³/mol. The van der Waals surface area contributed by atoms with Crippen LogP contribution < -0.4 is 10.6 Å². The van der Waals surface area contributed by atoms with Crippen LogP contribution in [0.5, 0.6) is 0 Å². The van der Waals surface area contributed by atoms with Crippen molar-refractivity contribution in [3.63, 3.8) is 0 Å². The highest BCUT2D eigenvalue weighted by Crippen LogP contribution is 2.51. The first-order chi connectivity index (χ1) is 13.6. The Kier molecular flexibility index (Phi) is 5.57. The van der Waals surface area contributed by atoms with Crippen LogP contribution in [0.3, 0.4) is 0 Å². The van der Waals surface area contributed by atoms with E-state index in [1.165, 1.54) is 36.2 Å². The molecule has 2 aliphatic rings. The molecule has 0 spiro atoms. The van der Waals surface area contributed by atoms with Crippen molar-refractivity contribution in [1.29, 1.82) is 0 Å². The van der Waals surface area contributed by atoms with Gasteiger partial charge in [0.2, 0.25) is 0 Å². The van der Waals surface area contributed by atoms with Crippen LogP contribution in [0.4, 0.5) is 19.3 Å². The summed E-state index contributed by atoms with van der Waals surface area (Å²) in [5, 5.41) is 5.53. The summed E-state index contributed by atoms with van der Waals surface area (Å²) in [4.78, 5) is 14.3. The molecule has 2 amide bonds. The largest absolute Gasteiger partial charge is 0.338 e. The van der Waals surface area contributed by atoms with Crippen LogP contribution >= 0.6 is 0 Å². The number of carbonyl (C=O) groups is 1. The summed E-state index contributed by atoms with van der Waals surface area (Å²) in [6, 6.07) is 12.4. The van der Waals surface area contributed by atoms with E-state index in [-0.39, 0.29) is 17.7 Å². The lowest BCUT2D eigenvalue weighted by Gasteiger charge is -2.40. The third-order valence-electron chi connectivity index (χ3n) is 5.98. The fourth-order valence-corrected chi connectivity index (χ4v) is 4.49. The molecule has 0 aromatic heterocycles. The molecule has 0 radical (unpaired) electrons. The van der Waals surface area contributed by atoms with Gasteiger partial charge in [-0.05, 0) is 79.1 Å². The average molecular weight is 385 g/mol. The number of hydrogen-bond donors (Lipinski definition) is 2. The Labute approximate surface area is 163 Å². The summed E-state index contributed by atoms with van der Waals surface area (Å²) in [5.41, 5.74) is 1.82. The van der Waals surface area contributed by atoms with Gasteiger partial charge >= 0.3 is 6.03 Å². The van der Waals surface area contributed by atoms with E-state index < -0.39 is 0 Å². The molecule has 148 valence electrons. The molecule has 1 heterocycles. The van der Waals surface area contributed by atoms with Gasteiger partial charge in [-0.15, -0.1) is 0 Å². The zero-order valence-corrected chi connectivity index (χ0v) is 15.7. The average Bonchev–Trinajstić information content (AvgIpc) is 2.99. The maximum Gasteiger partial charge on any atom is 0.319 e. The number of amides is 2. The highest BCUT2D eigenvalue weighted by Gasteiger charge is 2.47. The van der Waals surface area contributed by atoms with Crippen LogP contribution in [0.25, 0.3) is 0 Å². The second-order valence-corrected chi connectivity index (χ2v) is 7.82. The van der Waals surface area contributed by atoms with Crippen molar-refractivity contribution >= 4 is 11.7 Å². The van der Waals surface area contributed by atoms with E-state index in [0.717, 1.165) is 32.0 Å². The second kappa shape index (κ2) is 8.27. The molecule has 2 N–H and O–H groups in total. The molecular weight excluding hydrogens is 360 g/mol. The summed E-state index contributed by atoms with van der Waals surface area (Å²) in [5.74, 6) is 1.45. The molecule has 0 unspecified atom stereocenters. The summed E-state index contributed by atoms with van der Waals surface area (Å²) >= 11 is 0. The zero-order valence-electron chi connectivity index (χ0n) is 15.7. The number of rotatable bonds is 6. The highest BCUT2D eigenvalue weighted by molar-refractivity contribution is 5.89. The van der Waals surface area contributed by atoms with Crippen LogP contribution in [-0.4, -0.2) is 37.1 Å². The number of likely N-dealkylation sites (tertiary alicyclic amines) is 1. The molecule has 2 aromatic rings. The Bertz CT molecular complexity index is 810. The summed E-state index contributed by atoms with van der Waals surface area (Å²) < 4.78 is 26.0. The van der Waals surface area contributed by atoms with E-state index in [1.54, 1.807) is 12.1 Å². The standard InChI is InChI=1S/C22H25F2N3O/c23-17-4-2-15(3-5-17)20-12-16-13-27(14-21(16)20)11-1-10-25-22(28)26-19-8-6-18(24)7-9-19/h2-9,16,20-21H,1,10-14H2,(H2,25,26,28)/t16-,20+,21+/m0/s1. The number of nitrogens with one attached hydrogen (secondary N) is 2. The number of benzene rings is 2. The maximum absolute atomic E-state index is 13.1. The molecule has 1 saturated carbocycles. The molecule has 1 saturated heterocycles. The van der Waals surface area contributed by atoms with Gasteiger partial charge in [0.15, 0.2) is 0 Å². The first-order valence-corrected chi connectivity index (χ1v) is 9.87. The fraction of sp³-hybridized carbons (Fsp3) is 0.409. The van der Waals surface area contributed by atoms with Crippen molar-refractivity contribution < 1.29 is 13.6 Å². The molecule has 2 aromatic carbocycles. The number of fused-ring (bicyclic) bond motifs is 1. The van der Waals surface area contributed by atoms with Crippen molar-refractivity contribution in [2.45, 2.75) is 18.8 Å². The Balaban J connectivity index is 1.15. The van der Waals surface area contributed by atoms with Gasteiger partial charge in [0.1, 0.15) is 11.6 Å². The van der Waals surface area contributed by atoms with Crippen LogP contribution in [0.15, 0.2) is 48.5 Å². The minimum absolute atomic E-state index is 0.177. The number of hydrogen-bond acceptors (Lipinski definition) is 2. The topological polar surface area (TPSA) is 44.4 Å². The SMILES string of the molecule is O=C(NCCCN1C[C@@H]2C[C@H](c3ccc(F)cc3)[C@@H]2C1)Nc1ccc(F)cc1. The first-order valence-electron chi connectivity index (χ1n) is 9.87. The minimum Gasteiger partial charge on any atom is -0.338 e. The second-order valence-electron chi connectivity index (χ2n) is 7.82. The molecule has 3 atom stereocenters. The quantitative estimate of drug-likeness (QED) is 0.732. The highest BCUT2D eigenvalue weighted by atomic mass is 19.1. The number of urea groups is 1. The molecule has 28 heavy (non-hydrogen) atoms. The molecule has 1 aliphatic heterocycles. The van der Waals surface area contributed by atoms with Crippen molar-refractivity contribution in [1.82, 2.24) is 10.2 Å². The molecule has 4 nitrogen and oxygen atoms in total. The van der Waals surface area contributed by atoms with Gasteiger partial charge in [0.25, 0.3) is 0 Å². The Morgan fingerprint density at radius 1 is 1.00 bits per heavy atom. The van der Waals surface area contributed by atoms with Crippen molar-refractivity contribution in [2.24, 2.45) is 11.8 Å². The van der Waals surface area contributed by atoms with Gasteiger partial charge < -0.3 is 15.5 Å². The lowest BCUT2D eigenvalue weighted by atomic mass is 9.64. The third-order valence-corrected chi connectivity index (χ3v) is 5.98. The molecule has 1 aliphatic carbocycles. The molecule has 2 fully saturated rings. The zero-order chi connectivity index (χ0) is 19.5. The number of carbonyl (C=O) groups excluding carboxylic acids is 1.